The van der Waals surface area contributed by atoms with Crippen molar-refractivity contribution in [2.75, 3.05) is 5.75 Å². The molecule has 1 nitrogen and oxygen atoms in total. The van der Waals surface area contributed by atoms with Gasteiger partial charge in [0, 0.05) is 23.8 Å². The van der Waals surface area contributed by atoms with Gasteiger partial charge in [-0.25, -0.2) is 0 Å². The maximum absolute atomic E-state index is 11.0. The molecular weight excluding hydrogens is 180 g/mol. The van der Waals surface area contributed by atoms with Crippen molar-refractivity contribution in [3.05, 3.63) is 11.6 Å². The third kappa shape index (κ3) is 4.51. The van der Waals surface area contributed by atoms with Gasteiger partial charge in [0.25, 0.3) is 0 Å². The van der Waals surface area contributed by atoms with Crippen LogP contribution in [0.5, 0.6) is 0 Å². The fourth-order valence-corrected chi connectivity index (χ4v) is 2.70. The molecule has 0 saturated heterocycles. The Bertz CT molecular complexity index is 194. The number of carbonyl (C=O) groups is 1. The Morgan fingerprint density at radius 1 is 1.46 bits per heavy atom. The fraction of sp³-hybridized carbons (Fsp3) is 0.727. The highest BCUT2D eigenvalue weighted by Crippen LogP contribution is 2.26. The number of thioether (sulfide) groups is 1. The van der Waals surface area contributed by atoms with E-state index in [-0.39, 0.29) is 0 Å². The lowest BCUT2D eigenvalue weighted by atomic mass is 9.99. The summed E-state index contributed by atoms with van der Waals surface area (Å²) in [6.07, 6.45) is 6.08. The number of hydrogen-bond donors (Lipinski definition) is 0. The lowest BCUT2D eigenvalue weighted by Gasteiger charge is -2.19. The maximum Gasteiger partial charge on any atom is 0.132 e. The molecule has 0 atom stereocenters. The molecule has 0 aromatic rings. The summed E-state index contributed by atoms with van der Waals surface area (Å²) in [4.78, 5) is 11.0. The van der Waals surface area contributed by atoms with Crippen LogP contribution in [0.15, 0.2) is 11.6 Å². The van der Waals surface area contributed by atoms with Crippen LogP contribution in [0.2, 0.25) is 0 Å². The van der Waals surface area contributed by atoms with Crippen LogP contribution in [0.4, 0.5) is 0 Å². The lowest BCUT2D eigenvalue weighted by Crippen LogP contribution is -2.15. The first-order chi connectivity index (χ1) is 6.18. The summed E-state index contributed by atoms with van der Waals surface area (Å²) in [6, 6.07) is 0. The predicted molar refractivity (Wildman–Crippen MR) is 59.2 cm³/mol. The zero-order valence-corrected chi connectivity index (χ0v) is 9.32. The van der Waals surface area contributed by atoms with Gasteiger partial charge in [0.1, 0.15) is 5.78 Å². The molecule has 1 saturated carbocycles. The van der Waals surface area contributed by atoms with Crippen molar-refractivity contribution in [1.29, 1.82) is 0 Å². The van der Waals surface area contributed by atoms with E-state index in [0.29, 0.717) is 5.78 Å². The van der Waals surface area contributed by atoms with Crippen molar-refractivity contribution in [2.24, 2.45) is 0 Å². The van der Waals surface area contributed by atoms with E-state index in [1.165, 1.54) is 5.57 Å². The molecule has 13 heavy (non-hydrogen) atoms. The van der Waals surface area contributed by atoms with E-state index in [9.17, 15) is 4.79 Å². The zero-order chi connectivity index (χ0) is 9.68. The number of carbonyl (C=O) groups excluding carboxylic acids is 1. The van der Waals surface area contributed by atoms with Crippen molar-refractivity contribution in [1.82, 2.24) is 0 Å². The molecule has 0 aliphatic heterocycles. The summed E-state index contributed by atoms with van der Waals surface area (Å²) in [6.45, 7) is 4.26. The molecule has 0 radical (unpaired) electrons. The lowest BCUT2D eigenvalue weighted by molar-refractivity contribution is -0.120. The molecule has 0 unspecified atom stereocenters. The first-order valence-electron chi connectivity index (χ1n) is 4.95. The second kappa shape index (κ2) is 5.48. The minimum atomic E-state index is 0.457. The molecule has 0 amide bonds. The Morgan fingerprint density at radius 2 is 2.08 bits per heavy atom. The van der Waals surface area contributed by atoms with Gasteiger partial charge in [0.2, 0.25) is 0 Å². The number of Topliss-reactive ketones (excluding diaryl/α,β-unsaturated/α-hetero) is 1. The van der Waals surface area contributed by atoms with Crippen LogP contribution in [0, 0.1) is 0 Å². The molecule has 0 bridgehead atoms. The Balaban J connectivity index is 2.16. The monoisotopic (exact) mass is 198 g/mol. The molecule has 1 aliphatic carbocycles. The molecule has 0 N–H and O–H groups in total. The van der Waals surface area contributed by atoms with Crippen LogP contribution in [-0.4, -0.2) is 16.8 Å². The highest BCUT2D eigenvalue weighted by Gasteiger charge is 2.17. The van der Waals surface area contributed by atoms with Gasteiger partial charge in [-0.05, 0) is 26.7 Å². The third-order valence-electron chi connectivity index (χ3n) is 2.31. The van der Waals surface area contributed by atoms with Crippen molar-refractivity contribution in [3.8, 4) is 0 Å². The molecule has 74 valence electrons. The zero-order valence-electron chi connectivity index (χ0n) is 8.51. The van der Waals surface area contributed by atoms with Crippen molar-refractivity contribution >= 4 is 17.5 Å². The van der Waals surface area contributed by atoms with Crippen molar-refractivity contribution < 1.29 is 4.79 Å². The number of allylic oxidation sites excluding steroid dienone is 1. The quantitative estimate of drug-likeness (QED) is 0.648. The molecule has 1 fully saturated rings. The van der Waals surface area contributed by atoms with Gasteiger partial charge in [-0.2, -0.15) is 11.8 Å². The summed E-state index contributed by atoms with van der Waals surface area (Å²) in [5.41, 5.74) is 1.39. The summed E-state index contributed by atoms with van der Waals surface area (Å²) in [5, 5.41) is 0.730. The van der Waals surface area contributed by atoms with E-state index < -0.39 is 0 Å². The van der Waals surface area contributed by atoms with E-state index in [4.69, 9.17) is 0 Å². The van der Waals surface area contributed by atoms with Crippen LogP contribution in [-0.2, 0) is 4.79 Å². The summed E-state index contributed by atoms with van der Waals surface area (Å²) in [7, 11) is 0. The number of rotatable bonds is 3. The van der Waals surface area contributed by atoms with Gasteiger partial charge < -0.3 is 0 Å². The Hall–Kier alpha value is -0.240. The first kappa shape index (κ1) is 10.8. The average molecular weight is 198 g/mol. The van der Waals surface area contributed by atoms with Crippen molar-refractivity contribution in [3.63, 3.8) is 0 Å². The highest BCUT2D eigenvalue weighted by molar-refractivity contribution is 8.00. The Kier molecular flexibility index (Phi) is 4.57. The van der Waals surface area contributed by atoms with Gasteiger partial charge >= 0.3 is 0 Å². The molecular formula is C11H18OS. The first-order valence-corrected chi connectivity index (χ1v) is 6.00. The highest BCUT2D eigenvalue weighted by atomic mass is 32.2. The minimum Gasteiger partial charge on any atom is -0.300 e. The van der Waals surface area contributed by atoms with Crippen LogP contribution in [0.1, 0.15) is 39.5 Å². The van der Waals surface area contributed by atoms with Gasteiger partial charge in [-0.1, -0.05) is 11.6 Å². The smallest absolute Gasteiger partial charge is 0.132 e. The van der Waals surface area contributed by atoms with Gasteiger partial charge in [-0.15, -0.1) is 0 Å². The molecule has 1 rings (SSSR count). The van der Waals surface area contributed by atoms with Gasteiger partial charge in [0.05, 0.1) is 0 Å². The molecule has 0 spiro atoms. The molecule has 0 heterocycles. The summed E-state index contributed by atoms with van der Waals surface area (Å²) in [5.74, 6) is 1.57. The van der Waals surface area contributed by atoms with E-state index in [2.05, 4.69) is 19.9 Å². The Labute approximate surface area is 85.0 Å². The maximum atomic E-state index is 11.0. The molecule has 1 aliphatic rings. The van der Waals surface area contributed by atoms with Crippen LogP contribution < -0.4 is 0 Å². The van der Waals surface area contributed by atoms with Crippen LogP contribution >= 0.6 is 11.8 Å². The van der Waals surface area contributed by atoms with Crippen molar-refractivity contribution in [2.45, 2.75) is 44.8 Å². The molecule has 0 aromatic heterocycles. The van der Waals surface area contributed by atoms with E-state index in [1.54, 1.807) is 0 Å². The van der Waals surface area contributed by atoms with Crippen LogP contribution in [0.25, 0.3) is 0 Å². The van der Waals surface area contributed by atoms with E-state index in [1.807, 2.05) is 11.8 Å². The van der Waals surface area contributed by atoms with E-state index >= 15 is 0 Å². The van der Waals surface area contributed by atoms with Gasteiger partial charge in [0.15, 0.2) is 0 Å². The average Bonchev–Trinajstić information content (AvgIpc) is 2.08. The fourth-order valence-electron chi connectivity index (χ4n) is 1.43. The molecule has 2 heteroatoms. The van der Waals surface area contributed by atoms with Crippen LogP contribution in [0.3, 0.4) is 0 Å². The second-order valence-corrected chi connectivity index (χ2v) is 5.19. The normalized spacial score (nSPS) is 18.8. The van der Waals surface area contributed by atoms with E-state index in [0.717, 1.165) is 36.7 Å². The summed E-state index contributed by atoms with van der Waals surface area (Å²) < 4.78 is 0. The number of ketones is 1. The Morgan fingerprint density at radius 3 is 2.62 bits per heavy atom. The molecule has 0 aromatic carbocycles. The topological polar surface area (TPSA) is 17.1 Å². The third-order valence-corrected chi connectivity index (χ3v) is 3.62. The summed E-state index contributed by atoms with van der Waals surface area (Å²) >= 11 is 2.00. The SMILES string of the molecule is CC(C)=CCSC1CCC(=O)CC1. The minimum absolute atomic E-state index is 0.457. The largest absolute Gasteiger partial charge is 0.300 e. The van der Waals surface area contributed by atoms with Gasteiger partial charge in [-0.3, -0.25) is 4.79 Å². The second-order valence-electron chi connectivity index (χ2n) is 3.85. The standard InChI is InChI=1S/C11H18OS/c1-9(2)7-8-13-11-5-3-10(12)4-6-11/h7,11H,3-6,8H2,1-2H3. The predicted octanol–water partition coefficient (Wildman–Crippen LogP) is 3.20. The number of hydrogen-bond acceptors (Lipinski definition) is 2.